The maximum atomic E-state index is 13.2. The topological polar surface area (TPSA) is 49.4 Å². The molecular formula is C15H15FN2O2S. The predicted octanol–water partition coefficient (Wildman–Crippen LogP) is 2.39. The van der Waals surface area contributed by atoms with Gasteiger partial charge in [-0.15, -0.1) is 11.3 Å². The first kappa shape index (κ1) is 14.0. The Balaban J connectivity index is 1.93. The number of fused-ring (bicyclic) bond motifs is 1. The summed E-state index contributed by atoms with van der Waals surface area (Å²) in [5, 5.41) is 3.62. The van der Waals surface area contributed by atoms with Crippen LogP contribution in [0.4, 0.5) is 4.39 Å². The van der Waals surface area contributed by atoms with E-state index < -0.39 is 6.04 Å². The van der Waals surface area contributed by atoms with Crippen LogP contribution in [0.2, 0.25) is 0 Å². The van der Waals surface area contributed by atoms with E-state index in [4.69, 9.17) is 0 Å². The van der Waals surface area contributed by atoms with E-state index in [2.05, 4.69) is 5.32 Å². The van der Waals surface area contributed by atoms with Gasteiger partial charge >= 0.3 is 0 Å². The number of rotatable bonds is 2. The standard InChI is InChI=1S/C15H15FN2O2S/c1-2-11-14(19)17-5-6-18(11)15(20)13-7-9-3-4-10(16)8-12(9)21-13/h3-4,7-8,11H,2,5-6H2,1H3,(H,17,19). The number of hydrogen-bond acceptors (Lipinski definition) is 3. The second-order valence-corrected chi connectivity index (χ2v) is 6.09. The molecule has 1 aliphatic rings. The molecule has 1 aliphatic heterocycles. The second kappa shape index (κ2) is 5.44. The number of nitrogens with one attached hydrogen (secondary N) is 1. The van der Waals surface area contributed by atoms with Crippen molar-refractivity contribution < 1.29 is 14.0 Å². The molecule has 0 spiro atoms. The zero-order valence-electron chi connectivity index (χ0n) is 11.6. The van der Waals surface area contributed by atoms with Crippen molar-refractivity contribution in [1.82, 2.24) is 10.2 Å². The van der Waals surface area contributed by atoms with E-state index in [1.165, 1.54) is 23.5 Å². The van der Waals surface area contributed by atoms with E-state index in [0.717, 1.165) is 10.1 Å². The summed E-state index contributed by atoms with van der Waals surface area (Å²) in [7, 11) is 0. The summed E-state index contributed by atoms with van der Waals surface area (Å²) in [6.07, 6.45) is 0.580. The van der Waals surface area contributed by atoms with Crippen molar-refractivity contribution in [3.8, 4) is 0 Å². The van der Waals surface area contributed by atoms with Gasteiger partial charge in [0.2, 0.25) is 5.91 Å². The Bertz CT molecular complexity index is 713. The number of carbonyl (C=O) groups is 2. The summed E-state index contributed by atoms with van der Waals surface area (Å²) in [6, 6.07) is 5.82. The Labute approximate surface area is 125 Å². The fourth-order valence-electron chi connectivity index (χ4n) is 2.62. The van der Waals surface area contributed by atoms with Crippen molar-refractivity contribution >= 4 is 33.2 Å². The number of amides is 2. The minimum Gasteiger partial charge on any atom is -0.353 e. The summed E-state index contributed by atoms with van der Waals surface area (Å²) in [5.41, 5.74) is 0. The molecule has 4 nitrogen and oxygen atoms in total. The Morgan fingerprint density at radius 2 is 2.29 bits per heavy atom. The van der Waals surface area contributed by atoms with Crippen LogP contribution < -0.4 is 5.32 Å². The predicted molar refractivity (Wildman–Crippen MR) is 79.9 cm³/mol. The smallest absolute Gasteiger partial charge is 0.264 e. The molecule has 0 bridgehead atoms. The highest BCUT2D eigenvalue weighted by molar-refractivity contribution is 7.20. The van der Waals surface area contributed by atoms with E-state index in [1.54, 1.807) is 17.0 Å². The van der Waals surface area contributed by atoms with Crippen LogP contribution in [0.5, 0.6) is 0 Å². The van der Waals surface area contributed by atoms with E-state index in [9.17, 15) is 14.0 Å². The van der Waals surface area contributed by atoms with Crippen LogP contribution >= 0.6 is 11.3 Å². The number of halogens is 1. The minimum atomic E-state index is -0.423. The molecule has 2 aromatic rings. The van der Waals surface area contributed by atoms with Gasteiger partial charge < -0.3 is 10.2 Å². The van der Waals surface area contributed by atoms with Crippen molar-refractivity contribution in [2.24, 2.45) is 0 Å². The van der Waals surface area contributed by atoms with E-state index >= 15 is 0 Å². The molecule has 1 N–H and O–H groups in total. The third kappa shape index (κ3) is 2.51. The van der Waals surface area contributed by atoms with Gasteiger partial charge in [0.05, 0.1) is 4.88 Å². The van der Waals surface area contributed by atoms with Gasteiger partial charge in [0.15, 0.2) is 0 Å². The lowest BCUT2D eigenvalue weighted by molar-refractivity contribution is -0.127. The van der Waals surface area contributed by atoms with Crippen LogP contribution in [-0.2, 0) is 4.79 Å². The van der Waals surface area contributed by atoms with Gasteiger partial charge in [-0.3, -0.25) is 9.59 Å². The normalized spacial score (nSPS) is 18.9. The summed E-state index contributed by atoms with van der Waals surface area (Å²) in [4.78, 5) is 26.6. The Morgan fingerprint density at radius 3 is 3.05 bits per heavy atom. The molecule has 0 radical (unpaired) electrons. The summed E-state index contributed by atoms with van der Waals surface area (Å²) in [6.45, 7) is 2.86. The molecule has 1 aromatic carbocycles. The molecule has 0 aliphatic carbocycles. The molecule has 1 unspecified atom stereocenters. The van der Waals surface area contributed by atoms with Crippen molar-refractivity contribution in [2.75, 3.05) is 13.1 Å². The van der Waals surface area contributed by atoms with Crippen LogP contribution in [0.15, 0.2) is 24.3 Å². The van der Waals surface area contributed by atoms with Crippen LogP contribution in [0.25, 0.3) is 10.1 Å². The zero-order valence-corrected chi connectivity index (χ0v) is 12.4. The number of benzene rings is 1. The molecule has 0 saturated carbocycles. The first-order valence-electron chi connectivity index (χ1n) is 6.88. The molecule has 2 heterocycles. The monoisotopic (exact) mass is 306 g/mol. The van der Waals surface area contributed by atoms with Crippen LogP contribution in [0, 0.1) is 5.82 Å². The van der Waals surface area contributed by atoms with Crippen molar-refractivity contribution in [2.45, 2.75) is 19.4 Å². The average Bonchev–Trinajstić information content (AvgIpc) is 2.89. The molecule has 6 heteroatoms. The molecule has 1 aromatic heterocycles. The Kier molecular flexibility index (Phi) is 3.63. The number of thiophene rings is 1. The van der Waals surface area contributed by atoms with Crippen LogP contribution in [0.1, 0.15) is 23.0 Å². The molecule has 1 saturated heterocycles. The maximum Gasteiger partial charge on any atom is 0.264 e. The number of nitrogens with zero attached hydrogens (tertiary/aromatic N) is 1. The Hall–Kier alpha value is -1.95. The third-order valence-electron chi connectivity index (χ3n) is 3.67. The summed E-state index contributed by atoms with van der Waals surface area (Å²) >= 11 is 1.26. The van der Waals surface area contributed by atoms with E-state index in [1.807, 2.05) is 6.92 Å². The fraction of sp³-hybridized carbons (Fsp3) is 0.333. The largest absolute Gasteiger partial charge is 0.353 e. The molecule has 1 fully saturated rings. The van der Waals surface area contributed by atoms with Crippen LogP contribution in [-0.4, -0.2) is 35.8 Å². The average molecular weight is 306 g/mol. The number of hydrogen-bond donors (Lipinski definition) is 1. The van der Waals surface area contributed by atoms with E-state index in [-0.39, 0.29) is 17.6 Å². The second-order valence-electron chi connectivity index (χ2n) is 5.01. The van der Waals surface area contributed by atoms with Gasteiger partial charge in [0, 0.05) is 17.8 Å². The fourth-order valence-corrected chi connectivity index (χ4v) is 3.66. The molecule has 2 amide bonds. The summed E-state index contributed by atoms with van der Waals surface area (Å²) in [5.74, 6) is -0.574. The lowest BCUT2D eigenvalue weighted by Gasteiger charge is -2.34. The number of piperazine rings is 1. The first-order valence-corrected chi connectivity index (χ1v) is 7.69. The van der Waals surface area contributed by atoms with Gasteiger partial charge in [0.1, 0.15) is 11.9 Å². The highest BCUT2D eigenvalue weighted by atomic mass is 32.1. The SMILES string of the molecule is CCC1C(=O)NCCN1C(=O)c1cc2ccc(F)cc2s1. The number of carbonyl (C=O) groups excluding carboxylic acids is 2. The minimum absolute atomic E-state index is 0.107. The molecule has 3 rings (SSSR count). The molecule has 110 valence electrons. The van der Waals surface area contributed by atoms with Crippen LogP contribution in [0.3, 0.4) is 0 Å². The highest BCUT2D eigenvalue weighted by Gasteiger charge is 2.32. The molecule has 21 heavy (non-hydrogen) atoms. The molecule has 1 atom stereocenters. The first-order chi connectivity index (χ1) is 10.1. The lowest BCUT2D eigenvalue weighted by atomic mass is 10.1. The van der Waals surface area contributed by atoms with Gasteiger partial charge in [-0.25, -0.2) is 4.39 Å². The molecular weight excluding hydrogens is 291 g/mol. The van der Waals surface area contributed by atoms with Gasteiger partial charge in [-0.05, 0) is 30.0 Å². The van der Waals surface area contributed by atoms with Crippen molar-refractivity contribution in [3.63, 3.8) is 0 Å². The summed E-state index contributed by atoms with van der Waals surface area (Å²) < 4.78 is 14.0. The van der Waals surface area contributed by atoms with Gasteiger partial charge in [-0.2, -0.15) is 0 Å². The quantitative estimate of drug-likeness (QED) is 0.926. The van der Waals surface area contributed by atoms with Crippen molar-refractivity contribution in [1.29, 1.82) is 0 Å². The van der Waals surface area contributed by atoms with Crippen molar-refractivity contribution in [3.05, 3.63) is 35.0 Å². The zero-order chi connectivity index (χ0) is 15.0. The maximum absolute atomic E-state index is 13.2. The van der Waals surface area contributed by atoms with Gasteiger partial charge in [0.25, 0.3) is 5.91 Å². The highest BCUT2D eigenvalue weighted by Crippen LogP contribution is 2.28. The van der Waals surface area contributed by atoms with Gasteiger partial charge in [-0.1, -0.05) is 13.0 Å². The Morgan fingerprint density at radius 1 is 1.48 bits per heavy atom. The third-order valence-corrected chi connectivity index (χ3v) is 4.76. The lowest BCUT2D eigenvalue weighted by Crippen LogP contribution is -2.56. The van der Waals surface area contributed by atoms with E-state index in [0.29, 0.717) is 24.4 Å².